The van der Waals surface area contributed by atoms with Crippen LogP contribution in [-0.4, -0.2) is 28.6 Å². The van der Waals surface area contributed by atoms with E-state index in [9.17, 15) is 0 Å². The molecule has 2 rings (SSSR count). The topological polar surface area (TPSA) is 27.7 Å². The summed E-state index contributed by atoms with van der Waals surface area (Å²) in [5.74, 6) is 2.47. The molecule has 2 aliphatic carbocycles. The summed E-state index contributed by atoms with van der Waals surface area (Å²) in [6.45, 7) is 8.13. The Bertz CT molecular complexity index is 289. The highest BCUT2D eigenvalue weighted by Crippen LogP contribution is 2.46. The Morgan fingerprint density at radius 2 is 1.58 bits per heavy atom. The molecule has 110 valence electrons. The normalized spacial score (nSPS) is 29.3. The minimum absolute atomic E-state index is 0.683. The fourth-order valence-electron chi connectivity index (χ4n) is 3.59. The Labute approximate surface area is 118 Å². The van der Waals surface area contributed by atoms with E-state index in [1.165, 1.54) is 19.3 Å². The first-order valence-electron chi connectivity index (χ1n) is 7.83. The SMILES string of the molecule is CCO[Si](CC[C@@H]1C[C@H]2C=C[C@@H]1C2)(OCC)OCC. The molecule has 1 saturated carbocycles. The van der Waals surface area contributed by atoms with Crippen LogP contribution in [0.2, 0.25) is 6.04 Å². The van der Waals surface area contributed by atoms with Crippen LogP contribution in [0.1, 0.15) is 40.0 Å². The minimum Gasteiger partial charge on any atom is -0.374 e. The predicted molar refractivity (Wildman–Crippen MR) is 78.9 cm³/mol. The first kappa shape index (κ1) is 15.2. The highest BCUT2D eigenvalue weighted by atomic mass is 28.4. The number of hydrogen-bond acceptors (Lipinski definition) is 3. The van der Waals surface area contributed by atoms with Gasteiger partial charge in [-0.05, 0) is 57.8 Å². The molecule has 2 bridgehead atoms. The van der Waals surface area contributed by atoms with E-state index in [-0.39, 0.29) is 0 Å². The maximum atomic E-state index is 5.93. The summed E-state index contributed by atoms with van der Waals surface area (Å²) < 4.78 is 17.8. The van der Waals surface area contributed by atoms with Gasteiger partial charge in [-0.1, -0.05) is 12.2 Å². The van der Waals surface area contributed by atoms with Crippen molar-refractivity contribution in [1.82, 2.24) is 0 Å². The summed E-state index contributed by atoms with van der Waals surface area (Å²) in [4.78, 5) is 0. The average Bonchev–Trinajstić information content (AvgIpc) is 2.99. The Kier molecular flexibility index (Phi) is 5.63. The molecule has 3 atom stereocenters. The van der Waals surface area contributed by atoms with Crippen LogP contribution in [0.15, 0.2) is 12.2 Å². The maximum absolute atomic E-state index is 5.93. The second-order valence-electron chi connectivity index (χ2n) is 5.56. The molecule has 0 spiro atoms. The fraction of sp³-hybridized carbons (Fsp3) is 0.867. The monoisotopic (exact) mass is 284 g/mol. The summed E-state index contributed by atoms with van der Waals surface area (Å²) >= 11 is 0. The van der Waals surface area contributed by atoms with Gasteiger partial charge in [0.15, 0.2) is 0 Å². The van der Waals surface area contributed by atoms with Crippen molar-refractivity contribution in [2.24, 2.45) is 17.8 Å². The van der Waals surface area contributed by atoms with Gasteiger partial charge in [-0.3, -0.25) is 0 Å². The van der Waals surface area contributed by atoms with E-state index >= 15 is 0 Å². The van der Waals surface area contributed by atoms with Crippen LogP contribution in [0, 0.1) is 17.8 Å². The zero-order chi connectivity index (χ0) is 13.7. The molecule has 0 heterocycles. The lowest BCUT2D eigenvalue weighted by Gasteiger charge is -2.30. The number of rotatable bonds is 9. The van der Waals surface area contributed by atoms with Crippen LogP contribution in [0.5, 0.6) is 0 Å². The molecule has 0 aromatic carbocycles. The third-order valence-corrected chi connectivity index (χ3v) is 7.42. The molecule has 0 amide bonds. The van der Waals surface area contributed by atoms with Gasteiger partial charge in [0.1, 0.15) is 0 Å². The Balaban J connectivity index is 1.89. The van der Waals surface area contributed by atoms with Crippen LogP contribution < -0.4 is 0 Å². The molecule has 0 unspecified atom stereocenters. The highest BCUT2D eigenvalue weighted by molar-refractivity contribution is 6.60. The summed E-state index contributed by atoms with van der Waals surface area (Å²) in [7, 11) is -2.41. The summed E-state index contributed by atoms with van der Waals surface area (Å²) in [5.41, 5.74) is 0. The van der Waals surface area contributed by atoms with Crippen LogP contribution in [0.3, 0.4) is 0 Å². The van der Waals surface area contributed by atoms with Crippen molar-refractivity contribution in [3.63, 3.8) is 0 Å². The van der Waals surface area contributed by atoms with Crippen LogP contribution in [0.4, 0.5) is 0 Å². The van der Waals surface area contributed by atoms with Crippen LogP contribution in [-0.2, 0) is 13.3 Å². The predicted octanol–water partition coefficient (Wildman–Crippen LogP) is 3.64. The van der Waals surface area contributed by atoms with Gasteiger partial charge in [-0.25, -0.2) is 0 Å². The van der Waals surface area contributed by atoms with E-state index < -0.39 is 8.80 Å². The van der Waals surface area contributed by atoms with Crippen molar-refractivity contribution in [3.8, 4) is 0 Å². The lowest BCUT2D eigenvalue weighted by Crippen LogP contribution is -2.46. The molecule has 4 heteroatoms. The van der Waals surface area contributed by atoms with Gasteiger partial charge in [0.05, 0.1) is 0 Å². The molecule has 2 aliphatic rings. The van der Waals surface area contributed by atoms with Crippen molar-refractivity contribution in [2.45, 2.75) is 46.1 Å². The fourth-order valence-corrected chi connectivity index (χ4v) is 6.32. The second-order valence-corrected chi connectivity index (χ2v) is 8.29. The first-order valence-corrected chi connectivity index (χ1v) is 9.76. The second kappa shape index (κ2) is 7.02. The quantitative estimate of drug-likeness (QED) is 0.478. The molecular formula is C15H28O3Si. The number of fused-ring (bicyclic) bond motifs is 2. The molecule has 0 saturated heterocycles. The Morgan fingerprint density at radius 3 is 2.00 bits per heavy atom. The standard InChI is InChI=1S/C15H28O3Si/c1-4-16-19(17-5-2,18-6-3)10-9-15-12-13-7-8-14(15)11-13/h7-8,13-15H,4-6,9-12H2,1-3H3/t13-,14+,15+/m0/s1. The molecule has 3 nitrogen and oxygen atoms in total. The van der Waals surface area contributed by atoms with Gasteiger partial charge in [0.25, 0.3) is 0 Å². The van der Waals surface area contributed by atoms with E-state index in [4.69, 9.17) is 13.3 Å². The molecule has 1 fully saturated rings. The van der Waals surface area contributed by atoms with Crippen molar-refractivity contribution in [2.75, 3.05) is 19.8 Å². The van der Waals surface area contributed by atoms with Crippen molar-refractivity contribution >= 4 is 8.80 Å². The van der Waals surface area contributed by atoms with Gasteiger partial charge in [0.2, 0.25) is 0 Å². The van der Waals surface area contributed by atoms with Gasteiger partial charge >= 0.3 is 8.80 Å². The highest BCUT2D eigenvalue weighted by Gasteiger charge is 2.43. The number of hydrogen-bond donors (Lipinski definition) is 0. The largest absolute Gasteiger partial charge is 0.500 e. The van der Waals surface area contributed by atoms with E-state index in [0.717, 1.165) is 23.8 Å². The lowest BCUT2D eigenvalue weighted by molar-refractivity contribution is 0.0692. The zero-order valence-electron chi connectivity index (χ0n) is 12.6. The van der Waals surface area contributed by atoms with Crippen molar-refractivity contribution in [3.05, 3.63) is 12.2 Å². The first-order chi connectivity index (χ1) is 9.23. The molecule has 0 radical (unpaired) electrons. The molecule has 19 heavy (non-hydrogen) atoms. The molecular weight excluding hydrogens is 256 g/mol. The maximum Gasteiger partial charge on any atom is 0.500 e. The summed E-state index contributed by atoms with van der Waals surface area (Å²) in [5, 5.41) is 0. The van der Waals surface area contributed by atoms with E-state index in [2.05, 4.69) is 12.2 Å². The van der Waals surface area contributed by atoms with Crippen LogP contribution >= 0.6 is 0 Å². The van der Waals surface area contributed by atoms with Gasteiger partial charge in [0, 0.05) is 25.9 Å². The van der Waals surface area contributed by atoms with E-state index in [1.807, 2.05) is 20.8 Å². The number of allylic oxidation sites excluding steroid dienone is 2. The molecule has 0 N–H and O–H groups in total. The third-order valence-electron chi connectivity index (χ3n) is 4.33. The summed E-state index contributed by atoms with van der Waals surface area (Å²) in [6.07, 6.45) is 8.74. The van der Waals surface area contributed by atoms with Crippen molar-refractivity contribution < 1.29 is 13.3 Å². The van der Waals surface area contributed by atoms with Gasteiger partial charge < -0.3 is 13.3 Å². The van der Waals surface area contributed by atoms with Crippen LogP contribution in [0.25, 0.3) is 0 Å². The van der Waals surface area contributed by atoms with E-state index in [1.54, 1.807) is 0 Å². The third kappa shape index (κ3) is 3.69. The molecule has 0 aromatic heterocycles. The van der Waals surface area contributed by atoms with Gasteiger partial charge in [-0.15, -0.1) is 0 Å². The average molecular weight is 284 g/mol. The Hall–Kier alpha value is -0.163. The molecule has 0 aromatic rings. The Morgan fingerprint density at radius 1 is 0.947 bits per heavy atom. The van der Waals surface area contributed by atoms with Gasteiger partial charge in [-0.2, -0.15) is 0 Å². The lowest BCUT2D eigenvalue weighted by atomic mass is 9.91. The van der Waals surface area contributed by atoms with E-state index in [0.29, 0.717) is 19.8 Å². The summed E-state index contributed by atoms with van der Waals surface area (Å²) in [6, 6.07) is 0.976. The molecule has 0 aliphatic heterocycles. The smallest absolute Gasteiger partial charge is 0.374 e. The minimum atomic E-state index is -2.41. The van der Waals surface area contributed by atoms with Crippen molar-refractivity contribution in [1.29, 1.82) is 0 Å². The zero-order valence-corrected chi connectivity index (χ0v) is 13.6.